The Labute approximate surface area is 160 Å². The smallest absolute Gasteiger partial charge is 0.263 e. The van der Waals surface area contributed by atoms with Gasteiger partial charge in [0.25, 0.3) is 10.0 Å². The Hall–Kier alpha value is -2.45. The summed E-state index contributed by atoms with van der Waals surface area (Å²) < 4.78 is 40.3. The van der Waals surface area contributed by atoms with Crippen molar-refractivity contribution in [1.82, 2.24) is 10.0 Å². The molecule has 140 valence electrons. The molecule has 2 atom stereocenters. The van der Waals surface area contributed by atoms with Crippen LogP contribution in [0, 0.1) is 5.82 Å². The van der Waals surface area contributed by atoms with Crippen molar-refractivity contribution < 1.29 is 17.6 Å². The van der Waals surface area contributed by atoms with Crippen LogP contribution in [0.2, 0.25) is 5.02 Å². The fraction of sp³-hybridized carbons (Fsp3) is 0.222. The van der Waals surface area contributed by atoms with Gasteiger partial charge in [-0.1, -0.05) is 29.8 Å². The maximum atomic E-state index is 13.9. The van der Waals surface area contributed by atoms with Gasteiger partial charge < -0.3 is 5.32 Å². The molecule has 2 aromatic rings. The van der Waals surface area contributed by atoms with Crippen LogP contribution in [0.15, 0.2) is 52.4 Å². The van der Waals surface area contributed by atoms with Gasteiger partial charge in [-0.3, -0.25) is 14.5 Å². The highest BCUT2D eigenvalue weighted by Gasteiger charge is 2.42. The Bertz CT molecular complexity index is 1050. The summed E-state index contributed by atoms with van der Waals surface area (Å²) in [6, 6.07) is 10.7. The van der Waals surface area contributed by atoms with E-state index in [0.29, 0.717) is 22.6 Å². The lowest BCUT2D eigenvalue weighted by molar-refractivity contribution is -0.119. The third-order valence-electron chi connectivity index (χ3n) is 4.55. The van der Waals surface area contributed by atoms with Gasteiger partial charge in [-0.05, 0) is 30.7 Å². The van der Waals surface area contributed by atoms with Crippen molar-refractivity contribution in [1.29, 1.82) is 0 Å². The third-order valence-corrected chi connectivity index (χ3v) is 6.28. The van der Waals surface area contributed by atoms with E-state index in [1.807, 2.05) is 0 Å². The molecule has 4 rings (SSSR count). The van der Waals surface area contributed by atoms with Crippen molar-refractivity contribution in [2.45, 2.75) is 23.3 Å². The largest absolute Gasteiger partial charge is 0.351 e. The predicted octanol–water partition coefficient (Wildman–Crippen LogP) is 2.19. The van der Waals surface area contributed by atoms with Crippen molar-refractivity contribution in [3.63, 3.8) is 0 Å². The summed E-state index contributed by atoms with van der Waals surface area (Å²) >= 11 is 6.05. The molecule has 1 aliphatic carbocycles. The zero-order valence-electron chi connectivity index (χ0n) is 13.9. The van der Waals surface area contributed by atoms with Crippen LogP contribution in [0.25, 0.3) is 0 Å². The van der Waals surface area contributed by atoms with Crippen LogP contribution in [0.4, 0.5) is 4.39 Å². The van der Waals surface area contributed by atoms with Gasteiger partial charge in [-0.2, -0.15) is 0 Å². The zero-order chi connectivity index (χ0) is 19.2. The standard InChI is InChI=1S/C18H15ClFN3O3S/c19-12-5-3-6-13(20)17(12)11-8-14(11)22-16(24)9-21-18-10-4-1-2-7-15(10)27(25,26)23-18/h1-7,11,14H,8-9H2,(H,21,23)(H,22,24)/t11-,14+/m0/s1. The van der Waals surface area contributed by atoms with Crippen molar-refractivity contribution in [3.05, 3.63) is 64.4 Å². The van der Waals surface area contributed by atoms with Crippen LogP contribution >= 0.6 is 11.6 Å². The number of carbonyl (C=O) groups is 1. The first-order chi connectivity index (χ1) is 12.9. The van der Waals surface area contributed by atoms with Gasteiger partial charge in [0.2, 0.25) is 5.91 Å². The quantitative estimate of drug-likeness (QED) is 0.814. The molecule has 1 amide bonds. The number of benzene rings is 2. The molecule has 1 saturated carbocycles. The highest BCUT2D eigenvalue weighted by Crippen LogP contribution is 2.44. The van der Waals surface area contributed by atoms with E-state index in [2.05, 4.69) is 15.0 Å². The van der Waals surface area contributed by atoms with Crippen LogP contribution in [-0.2, 0) is 14.8 Å². The lowest BCUT2D eigenvalue weighted by Gasteiger charge is -2.06. The minimum absolute atomic E-state index is 0.139. The van der Waals surface area contributed by atoms with Crippen LogP contribution in [0.3, 0.4) is 0 Å². The van der Waals surface area contributed by atoms with Gasteiger partial charge in [-0.15, -0.1) is 0 Å². The molecule has 0 bridgehead atoms. The molecule has 0 spiro atoms. The highest BCUT2D eigenvalue weighted by atomic mass is 35.5. The van der Waals surface area contributed by atoms with Crippen LogP contribution in [0.1, 0.15) is 23.5 Å². The Kier molecular flexibility index (Phi) is 4.39. The molecule has 1 aliphatic heterocycles. The lowest BCUT2D eigenvalue weighted by atomic mass is 10.1. The number of hydrogen-bond acceptors (Lipinski definition) is 4. The number of carbonyl (C=O) groups excluding carboxylic acids is 1. The van der Waals surface area contributed by atoms with E-state index < -0.39 is 10.0 Å². The Morgan fingerprint density at radius 1 is 1.26 bits per heavy atom. The number of fused-ring (bicyclic) bond motifs is 1. The summed E-state index contributed by atoms with van der Waals surface area (Å²) in [5.41, 5.74) is 0.848. The molecule has 0 radical (unpaired) electrons. The maximum Gasteiger partial charge on any atom is 0.263 e. The minimum Gasteiger partial charge on any atom is -0.351 e. The summed E-state index contributed by atoms with van der Waals surface area (Å²) in [5.74, 6) is -0.779. The van der Waals surface area contributed by atoms with Crippen molar-refractivity contribution in [3.8, 4) is 0 Å². The van der Waals surface area contributed by atoms with Crippen molar-refractivity contribution >= 4 is 33.4 Å². The molecule has 2 aromatic carbocycles. The number of sulfonamides is 1. The summed E-state index contributed by atoms with van der Waals surface area (Å²) in [4.78, 5) is 16.4. The number of rotatable bonds is 4. The topological polar surface area (TPSA) is 87.6 Å². The molecule has 1 heterocycles. The summed E-state index contributed by atoms with van der Waals surface area (Å²) in [5, 5.41) is 3.12. The molecular weight excluding hydrogens is 393 g/mol. The number of nitrogens with zero attached hydrogens (tertiary/aromatic N) is 1. The fourth-order valence-electron chi connectivity index (χ4n) is 3.19. The Morgan fingerprint density at radius 3 is 2.81 bits per heavy atom. The number of amides is 1. The zero-order valence-corrected chi connectivity index (χ0v) is 15.5. The number of aliphatic imine (C=N–C) groups is 1. The Morgan fingerprint density at radius 2 is 2.04 bits per heavy atom. The Balaban J connectivity index is 1.41. The predicted molar refractivity (Wildman–Crippen MR) is 98.9 cm³/mol. The molecule has 1 fully saturated rings. The van der Waals surface area contributed by atoms with Gasteiger partial charge in [-0.25, -0.2) is 12.8 Å². The number of halogens is 2. The summed E-state index contributed by atoms with van der Waals surface area (Å²) in [6.07, 6.45) is 0.596. The van der Waals surface area contributed by atoms with E-state index >= 15 is 0 Å². The monoisotopic (exact) mass is 407 g/mol. The highest BCUT2D eigenvalue weighted by molar-refractivity contribution is 7.90. The van der Waals surface area contributed by atoms with Crippen LogP contribution in [-0.4, -0.2) is 32.7 Å². The van der Waals surface area contributed by atoms with E-state index in [1.54, 1.807) is 24.3 Å². The van der Waals surface area contributed by atoms with E-state index in [-0.39, 0.29) is 41.0 Å². The van der Waals surface area contributed by atoms with Crippen LogP contribution < -0.4 is 10.0 Å². The van der Waals surface area contributed by atoms with E-state index in [1.165, 1.54) is 18.2 Å². The van der Waals surface area contributed by atoms with Gasteiger partial charge in [0, 0.05) is 28.1 Å². The molecule has 2 aliphatic rings. The first-order valence-corrected chi connectivity index (χ1v) is 10.1. The van der Waals surface area contributed by atoms with Crippen LogP contribution in [0.5, 0.6) is 0 Å². The normalized spacial score (nSPS) is 23.6. The molecule has 27 heavy (non-hydrogen) atoms. The number of hydrogen-bond donors (Lipinski definition) is 2. The van der Waals surface area contributed by atoms with Gasteiger partial charge >= 0.3 is 0 Å². The van der Waals surface area contributed by atoms with Crippen molar-refractivity contribution in [2.75, 3.05) is 6.54 Å². The lowest BCUT2D eigenvalue weighted by Crippen LogP contribution is -2.30. The van der Waals surface area contributed by atoms with Gasteiger partial charge in [0.15, 0.2) is 0 Å². The molecule has 0 saturated heterocycles. The van der Waals surface area contributed by atoms with Gasteiger partial charge in [0.1, 0.15) is 18.2 Å². The average Bonchev–Trinajstić information content (AvgIpc) is 3.30. The average molecular weight is 408 g/mol. The molecule has 2 N–H and O–H groups in total. The molecule has 0 unspecified atom stereocenters. The third kappa shape index (κ3) is 3.42. The maximum absolute atomic E-state index is 13.9. The summed E-state index contributed by atoms with van der Waals surface area (Å²) in [7, 11) is -3.64. The SMILES string of the molecule is O=C(CN=C1NS(=O)(=O)c2ccccc21)N[C@@H]1C[C@@H]1c1c(F)cccc1Cl. The molecular formula is C18H15ClFN3O3S. The van der Waals surface area contributed by atoms with E-state index in [9.17, 15) is 17.6 Å². The van der Waals surface area contributed by atoms with Gasteiger partial charge in [0.05, 0.1) is 4.90 Å². The fourth-order valence-corrected chi connectivity index (χ4v) is 4.75. The summed E-state index contributed by atoms with van der Waals surface area (Å²) in [6.45, 7) is -0.236. The molecule has 0 aromatic heterocycles. The van der Waals surface area contributed by atoms with E-state index in [4.69, 9.17) is 11.6 Å². The number of amidine groups is 1. The second-order valence-electron chi connectivity index (χ2n) is 6.42. The second kappa shape index (κ2) is 6.61. The molecule has 9 heteroatoms. The number of nitrogens with one attached hydrogen (secondary N) is 2. The first kappa shape index (κ1) is 17.9. The second-order valence-corrected chi connectivity index (χ2v) is 8.48. The van der Waals surface area contributed by atoms with Crippen molar-refractivity contribution in [2.24, 2.45) is 4.99 Å². The first-order valence-electron chi connectivity index (χ1n) is 8.27. The van der Waals surface area contributed by atoms with E-state index in [0.717, 1.165) is 0 Å². The molecule has 6 nitrogen and oxygen atoms in total. The minimum atomic E-state index is -3.64.